The zero-order valence-electron chi connectivity index (χ0n) is 19.8. The van der Waals surface area contributed by atoms with Crippen LogP contribution < -0.4 is 29.1 Å². The lowest BCUT2D eigenvalue weighted by Crippen LogP contribution is -2.24. The average molecular weight is 498 g/mol. The second-order valence-electron chi connectivity index (χ2n) is 7.93. The van der Waals surface area contributed by atoms with Gasteiger partial charge in [-0.25, -0.2) is 10.2 Å². The maximum absolute atomic E-state index is 12.6. The van der Waals surface area contributed by atoms with Gasteiger partial charge < -0.3 is 23.7 Å². The highest BCUT2D eigenvalue weighted by atomic mass is 16.7. The standard InChI is InChI=1S/C28H22N2O7/c1-33-25-13-18(9-11-24(25)37-28(32)20-10-12-23-26(14-20)36-17-35-23)15-29-30-27(31)16-34-22-8-4-6-19-5-2-3-7-21(19)22/h2-15H,16-17H2,1H3,(H,30,31)/b29-15-. The van der Waals surface area contributed by atoms with Gasteiger partial charge in [0.1, 0.15) is 5.75 Å². The van der Waals surface area contributed by atoms with Crippen LogP contribution in [0.2, 0.25) is 0 Å². The van der Waals surface area contributed by atoms with Crippen molar-refractivity contribution < 1.29 is 33.3 Å². The molecule has 0 fully saturated rings. The minimum atomic E-state index is -0.573. The summed E-state index contributed by atoms with van der Waals surface area (Å²) in [4.78, 5) is 24.8. The minimum Gasteiger partial charge on any atom is -0.493 e. The fraction of sp³-hybridized carbons (Fsp3) is 0.107. The molecule has 37 heavy (non-hydrogen) atoms. The lowest BCUT2D eigenvalue weighted by Gasteiger charge is -2.10. The Morgan fingerprint density at radius 2 is 1.76 bits per heavy atom. The Morgan fingerprint density at radius 3 is 2.65 bits per heavy atom. The summed E-state index contributed by atoms with van der Waals surface area (Å²) >= 11 is 0. The zero-order chi connectivity index (χ0) is 25.6. The first-order chi connectivity index (χ1) is 18.1. The number of ether oxygens (including phenoxy) is 5. The Balaban J connectivity index is 1.17. The van der Waals surface area contributed by atoms with Crippen LogP contribution in [-0.2, 0) is 4.79 Å². The van der Waals surface area contributed by atoms with Crippen molar-refractivity contribution in [2.45, 2.75) is 0 Å². The van der Waals surface area contributed by atoms with Crippen LogP contribution in [0.15, 0.2) is 84.0 Å². The molecule has 1 heterocycles. The summed E-state index contributed by atoms with van der Waals surface area (Å²) in [5.74, 6) is 1.25. The molecule has 0 aromatic heterocycles. The Bertz CT molecular complexity index is 1490. The van der Waals surface area contributed by atoms with Crippen molar-refractivity contribution in [3.8, 4) is 28.7 Å². The monoisotopic (exact) mass is 498 g/mol. The van der Waals surface area contributed by atoms with Gasteiger partial charge in [0.25, 0.3) is 5.91 Å². The Kier molecular flexibility index (Phi) is 6.84. The molecule has 1 aliphatic rings. The second kappa shape index (κ2) is 10.7. The van der Waals surface area contributed by atoms with E-state index in [0.29, 0.717) is 34.1 Å². The number of hydrogen-bond acceptors (Lipinski definition) is 8. The number of esters is 1. The highest BCUT2D eigenvalue weighted by molar-refractivity contribution is 5.92. The van der Waals surface area contributed by atoms with Gasteiger partial charge >= 0.3 is 5.97 Å². The van der Waals surface area contributed by atoms with Gasteiger partial charge in [-0.2, -0.15) is 5.10 Å². The number of nitrogens with one attached hydrogen (secondary N) is 1. The maximum atomic E-state index is 12.6. The molecule has 1 N–H and O–H groups in total. The number of rotatable bonds is 8. The first-order valence-electron chi connectivity index (χ1n) is 11.3. The van der Waals surface area contributed by atoms with Crippen LogP contribution in [0, 0.1) is 0 Å². The highest BCUT2D eigenvalue weighted by Crippen LogP contribution is 2.34. The number of hydrazone groups is 1. The van der Waals surface area contributed by atoms with Gasteiger partial charge in [-0.15, -0.1) is 0 Å². The third-order valence-electron chi connectivity index (χ3n) is 5.51. The average Bonchev–Trinajstić information content (AvgIpc) is 3.40. The molecule has 0 bridgehead atoms. The van der Waals surface area contributed by atoms with Crippen LogP contribution in [0.3, 0.4) is 0 Å². The lowest BCUT2D eigenvalue weighted by atomic mass is 10.1. The molecule has 0 saturated carbocycles. The van der Waals surface area contributed by atoms with Crippen molar-refractivity contribution in [1.29, 1.82) is 0 Å². The summed E-state index contributed by atoms with van der Waals surface area (Å²) in [6, 6.07) is 23.1. The third kappa shape index (κ3) is 5.46. The number of fused-ring (bicyclic) bond motifs is 2. The predicted octanol–water partition coefficient (Wildman–Crippen LogP) is 4.33. The molecule has 0 spiro atoms. The van der Waals surface area contributed by atoms with E-state index in [1.54, 1.807) is 36.4 Å². The SMILES string of the molecule is COc1cc(/C=N\NC(=O)COc2cccc3ccccc23)ccc1OC(=O)c1ccc2c(c1)OCO2. The maximum Gasteiger partial charge on any atom is 0.343 e. The number of benzene rings is 4. The van der Waals surface area contributed by atoms with E-state index >= 15 is 0 Å². The molecule has 1 amide bonds. The molecule has 0 saturated heterocycles. The Hall–Kier alpha value is -5.05. The summed E-state index contributed by atoms with van der Waals surface area (Å²) in [5.41, 5.74) is 3.36. The summed E-state index contributed by atoms with van der Waals surface area (Å²) in [7, 11) is 1.46. The number of methoxy groups -OCH3 is 1. The van der Waals surface area contributed by atoms with E-state index in [0.717, 1.165) is 10.8 Å². The fourth-order valence-corrected chi connectivity index (χ4v) is 3.71. The summed E-state index contributed by atoms with van der Waals surface area (Å²) < 4.78 is 27.1. The molecule has 1 aliphatic heterocycles. The predicted molar refractivity (Wildman–Crippen MR) is 136 cm³/mol. The number of nitrogens with zero attached hydrogens (tertiary/aromatic N) is 1. The van der Waals surface area contributed by atoms with E-state index in [1.807, 2.05) is 42.5 Å². The highest BCUT2D eigenvalue weighted by Gasteiger charge is 2.18. The van der Waals surface area contributed by atoms with Crippen LogP contribution in [0.4, 0.5) is 0 Å². The van der Waals surface area contributed by atoms with Gasteiger partial charge in [-0.05, 0) is 53.4 Å². The molecule has 4 aromatic carbocycles. The molecule has 0 radical (unpaired) electrons. The van der Waals surface area contributed by atoms with Crippen LogP contribution in [0.5, 0.6) is 28.7 Å². The molecular formula is C28H22N2O7. The number of carbonyl (C=O) groups is 2. The van der Waals surface area contributed by atoms with Gasteiger partial charge in [0.2, 0.25) is 6.79 Å². The van der Waals surface area contributed by atoms with Gasteiger partial charge in [0.05, 0.1) is 18.9 Å². The van der Waals surface area contributed by atoms with Crippen LogP contribution in [0.25, 0.3) is 10.8 Å². The lowest BCUT2D eigenvalue weighted by molar-refractivity contribution is -0.123. The van der Waals surface area contributed by atoms with E-state index in [9.17, 15) is 9.59 Å². The molecular weight excluding hydrogens is 476 g/mol. The Labute approximate surface area is 212 Å². The molecule has 4 aromatic rings. The van der Waals surface area contributed by atoms with Crippen molar-refractivity contribution in [3.63, 3.8) is 0 Å². The summed E-state index contributed by atoms with van der Waals surface area (Å²) in [5, 5.41) is 5.92. The van der Waals surface area contributed by atoms with Crippen LogP contribution in [0.1, 0.15) is 15.9 Å². The number of carbonyl (C=O) groups excluding carboxylic acids is 2. The smallest absolute Gasteiger partial charge is 0.343 e. The molecule has 9 heteroatoms. The van der Waals surface area contributed by atoms with Crippen molar-refractivity contribution >= 4 is 28.9 Å². The Morgan fingerprint density at radius 1 is 0.919 bits per heavy atom. The fourth-order valence-electron chi connectivity index (χ4n) is 3.71. The van der Waals surface area contributed by atoms with Crippen LogP contribution >= 0.6 is 0 Å². The molecule has 0 aliphatic carbocycles. The van der Waals surface area contributed by atoms with E-state index in [2.05, 4.69) is 10.5 Å². The van der Waals surface area contributed by atoms with Crippen molar-refractivity contribution in [2.75, 3.05) is 20.5 Å². The first kappa shape index (κ1) is 23.7. The molecule has 0 unspecified atom stereocenters. The van der Waals surface area contributed by atoms with Gasteiger partial charge in [0, 0.05) is 5.39 Å². The summed E-state index contributed by atoms with van der Waals surface area (Å²) in [6.45, 7) is -0.0776. The normalized spacial score (nSPS) is 11.9. The van der Waals surface area contributed by atoms with E-state index < -0.39 is 11.9 Å². The quantitative estimate of drug-likeness (QED) is 0.167. The third-order valence-corrected chi connectivity index (χ3v) is 5.51. The van der Waals surface area contributed by atoms with Crippen LogP contribution in [-0.4, -0.2) is 38.6 Å². The molecule has 9 nitrogen and oxygen atoms in total. The minimum absolute atomic E-state index is 0.113. The first-order valence-corrected chi connectivity index (χ1v) is 11.3. The van der Waals surface area contributed by atoms with Gasteiger partial charge in [0.15, 0.2) is 29.6 Å². The molecule has 0 atom stereocenters. The zero-order valence-corrected chi connectivity index (χ0v) is 19.8. The van der Waals surface area contributed by atoms with Crippen molar-refractivity contribution in [3.05, 3.63) is 90.0 Å². The van der Waals surface area contributed by atoms with Crippen molar-refractivity contribution in [1.82, 2.24) is 5.43 Å². The number of amides is 1. The van der Waals surface area contributed by atoms with Gasteiger partial charge in [-0.3, -0.25) is 4.79 Å². The van der Waals surface area contributed by atoms with E-state index in [1.165, 1.54) is 13.3 Å². The molecule has 186 valence electrons. The topological polar surface area (TPSA) is 105 Å². The summed E-state index contributed by atoms with van der Waals surface area (Å²) in [6.07, 6.45) is 1.45. The van der Waals surface area contributed by atoms with E-state index in [-0.39, 0.29) is 19.1 Å². The number of hydrogen-bond donors (Lipinski definition) is 1. The molecule has 5 rings (SSSR count). The van der Waals surface area contributed by atoms with Crippen molar-refractivity contribution in [2.24, 2.45) is 5.10 Å². The van der Waals surface area contributed by atoms with E-state index in [4.69, 9.17) is 23.7 Å². The second-order valence-corrected chi connectivity index (χ2v) is 7.93. The largest absolute Gasteiger partial charge is 0.493 e. The van der Waals surface area contributed by atoms with Gasteiger partial charge in [-0.1, -0.05) is 36.4 Å².